The van der Waals surface area contributed by atoms with Crippen molar-refractivity contribution < 1.29 is 28.1 Å². The lowest BCUT2D eigenvalue weighted by molar-refractivity contribution is -0.221. The fourth-order valence-corrected chi connectivity index (χ4v) is 5.39. The van der Waals surface area contributed by atoms with Gasteiger partial charge in [0.05, 0.1) is 12.1 Å². The molecule has 37 heavy (non-hydrogen) atoms. The van der Waals surface area contributed by atoms with Gasteiger partial charge in [0.1, 0.15) is 6.10 Å². The van der Waals surface area contributed by atoms with Crippen molar-refractivity contribution in [3.8, 4) is 0 Å². The minimum atomic E-state index is -1.71. The Morgan fingerprint density at radius 1 is 1.22 bits per heavy atom. The molecule has 0 aliphatic heterocycles. The van der Waals surface area contributed by atoms with Crippen LogP contribution in [-0.2, 0) is 4.74 Å². The topological polar surface area (TPSA) is 118 Å². The molecule has 3 N–H and O–H groups in total. The molecule has 0 spiro atoms. The molecular formula is C24H29F3N6O3S. The van der Waals surface area contributed by atoms with E-state index in [0.29, 0.717) is 34.1 Å². The van der Waals surface area contributed by atoms with E-state index in [1.807, 2.05) is 6.92 Å². The Morgan fingerprint density at radius 2 is 2.00 bits per heavy atom. The highest BCUT2D eigenvalue weighted by atomic mass is 32.2. The van der Waals surface area contributed by atoms with Crippen LogP contribution in [0.3, 0.4) is 0 Å². The predicted octanol–water partition coefficient (Wildman–Crippen LogP) is 3.73. The molecule has 3 aromatic rings. The first-order chi connectivity index (χ1) is 17.6. The van der Waals surface area contributed by atoms with E-state index in [0.717, 1.165) is 18.2 Å². The van der Waals surface area contributed by atoms with Crippen molar-refractivity contribution in [1.29, 1.82) is 0 Å². The molecule has 2 aromatic heterocycles. The molecule has 0 radical (unpaired) electrons. The SMILES string of the molecule is CCCSc1nc(N[C@@H]2C[C@H]2c2ccc(F)c(F)c2)c2nnn([C@H]3CC(OC(C)(C)O)[C@@H](O)[C@@H]3F)c2n1. The molecule has 0 amide bonds. The number of hydrogen-bond acceptors (Lipinski definition) is 9. The maximum Gasteiger partial charge on any atom is 0.191 e. The lowest BCUT2D eigenvalue weighted by Crippen LogP contribution is -2.37. The summed E-state index contributed by atoms with van der Waals surface area (Å²) >= 11 is 1.44. The fourth-order valence-electron chi connectivity index (χ4n) is 4.70. The number of hydrogen-bond donors (Lipinski definition) is 3. The van der Waals surface area contributed by atoms with Crippen LogP contribution in [0.15, 0.2) is 23.4 Å². The van der Waals surface area contributed by atoms with Gasteiger partial charge in [-0.1, -0.05) is 30.0 Å². The number of nitrogens with one attached hydrogen (secondary N) is 1. The van der Waals surface area contributed by atoms with Crippen LogP contribution >= 0.6 is 11.8 Å². The normalized spacial score (nSPS) is 27.7. The van der Waals surface area contributed by atoms with Gasteiger partial charge in [-0.25, -0.2) is 27.8 Å². The Balaban J connectivity index is 1.43. The van der Waals surface area contributed by atoms with Crippen LogP contribution in [-0.4, -0.2) is 71.1 Å². The zero-order valence-electron chi connectivity index (χ0n) is 20.6. The number of halogens is 3. The molecule has 0 bridgehead atoms. The Bertz CT molecular complexity index is 1290. The second-order valence-corrected chi connectivity index (χ2v) is 11.1. The van der Waals surface area contributed by atoms with E-state index < -0.39 is 41.8 Å². The predicted molar refractivity (Wildman–Crippen MR) is 131 cm³/mol. The van der Waals surface area contributed by atoms with Crippen molar-refractivity contribution in [1.82, 2.24) is 25.0 Å². The van der Waals surface area contributed by atoms with Crippen LogP contribution in [0, 0.1) is 11.6 Å². The van der Waals surface area contributed by atoms with Gasteiger partial charge in [0.25, 0.3) is 0 Å². The summed E-state index contributed by atoms with van der Waals surface area (Å²) in [5.41, 5.74) is 1.33. The number of aromatic nitrogens is 5. The van der Waals surface area contributed by atoms with Gasteiger partial charge in [0, 0.05) is 24.1 Å². The van der Waals surface area contributed by atoms with Crippen molar-refractivity contribution in [2.75, 3.05) is 11.1 Å². The molecule has 13 heteroatoms. The van der Waals surface area contributed by atoms with E-state index in [4.69, 9.17) is 4.74 Å². The van der Waals surface area contributed by atoms with Crippen LogP contribution in [0.4, 0.5) is 19.0 Å². The monoisotopic (exact) mass is 538 g/mol. The summed E-state index contributed by atoms with van der Waals surface area (Å²) in [6.45, 7) is 4.86. The third kappa shape index (κ3) is 5.40. The van der Waals surface area contributed by atoms with E-state index in [9.17, 15) is 19.0 Å². The lowest BCUT2D eigenvalue weighted by atomic mass is 10.1. The molecule has 2 aliphatic rings. The number of rotatable bonds is 9. The van der Waals surface area contributed by atoms with Crippen molar-refractivity contribution in [3.05, 3.63) is 35.4 Å². The maximum atomic E-state index is 15.2. The zero-order chi connectivity index (χ0) is 26.5. The number of aliphatic hydroxyl groups is 2. The Kier molecular flexibility index (Phi) is 7.07. The molecule has 1 unspecified atom stereocenters. The van der Waals surface area contributed by atoms with Gasteiger partial charge < -0.3 is 20.3 Å². The first kappa shape index (κ1) is 26.1. The van der Waals surface area contributed by atoms with E-state index in [-0.39, 0.29) is 18.4 Å². The maximum absolute atomic E-state index is 15.2. The van der Waals surface area contributed by atoms with Gasteiger partial charge in [-0.2, -0.15) is 0 Å². The van der Waals surface area contributed by atoms with Gasteiger partial charge in [-0.15, -0.1) is 5.10 Å². The quantitative estimate of drug-likeness (QED) is 0.213. The number of anilines is 1. The second-order valence-electron chi connectivity index (χ2n) is 10.0. The summed E-state index contributed by atoms with van der Waals surface area (Å²) in [7, 11) is 0. The van der Waals surface area contributed by atoms with Crippen LogP contribution < -0.4 is 5.32 Å². The molecule has 5 rings (SSSR count). The number of aliphatic hydroxyl groups excluding tert-OH is 1. The van der Waals surface area contributed by atoms with Crippen LogP contribution in [0.1, 0.15) is 57.6 Å². The number of nitrogens with zero attached hydrogens (tertiary/aromatic N) is 5. The Hall–Kier alpha value is -2.48. The van der Waals surface area contributed by atoms with E-state index >= 15 is 4.39 Å². The first-order valence-electron chi connectivity index (χ1n) is 12.2. The van der Waals surface area contributed by atoms with Crippen LogP contribution in [0.2, 0.25) is 0 Å². The van der Waals surface area contributed by atoms with E-state index in [2.05, 4.69) is 25.6 Å². The summed E-state index contributed by atoms with van der Waals surface area (Å²) in [5.74, 6) is -2.16. The minimum Gasteiger partial charge on any atom is -0.387 e. The van der Waals surface area contributed by atoms with E-state index in [1.54, 1.807) is 6.07 Å². The van der Waals surface area contributed by atoms with Crippen molar-refractivity contribution in [2.24, 2.45) is 0 Å². The number of fused-ring (bicyclic) bond motifs is 1. The van der Waals surface area contributed by atoms with E-state index in [1.165, 1.54) is 36.4 Å². The average Bonchev–Trinajstić information content (AvgIpc) is 3.39. The molecule has 2 saturated carbocycles. The van der Waals surface area contributed by atoms with Crippen molar-refractivity contribution >= 4 is 28.7 Å². The number of benzene rings is 1. The number of thioether (sulfide) groups is 1. The minimum absolute atomic E-state index is 0.0261. The molecular weight excluding hydrogens is 509 g/mol. The highest BCUT2D eigenvalue weighted by Crippen LogP contribution is 2.44. The highest BCUT2D eigenvalue weighted by Gasteiger charge is 2.48. The highest BCUT2D eigenvalue weighted by molar-refractivity contribution is 7.99. The largest absolute Gasteiger partial charge is 0.387 e. The zero-order valence-corrected chi connectivity index (χ0v) is 21.4. The standard InChI is InChI=1S/C24H29F3N6O3S/c1-4-7-37-23-29-21(28-15-9-12(15)11-5-6-13(25)14(26)8-11)19-22(30-23)33(32-31-19)16-10-17(20(34)18(16)27)36-24(2,3)35/h5-6,8,12,15-18,20,34-35H,4,7,9-10H2,1-3H3,(H,28,29,30)/t12-,15+,16-,17?,18+,20+/m0/s1. The van der Waals surface area contributed by atoms with Crippen LogP contribution in [0.25, 0.3) is 11.2 Å². The lowest BCUT2D eigenvalue weighted by Gasteiger charge is -2.25. The molecule has 2 heterocycles. The van der Waals surface area contributed by atoms with Crippen LogP contribution in [0.5, 0.6) is 0 Å². The summed E-state index contributed by atoms with van der Waals surface area (Å²) in [5, 5.41) is 32.6. The average molecular weight is 539 g/mol. The molecule has 2 aliphatic carbocycles. The van der Waals surface area contributed by atoms with Gasteiger partial charge in [0.15, 0.2) is 45.7 Å². The summed E-state index contributed by atoms with van der Waals surface area (Å²) in [4.78, 5) is 9.19. The third-order valence-electron chi connectivity index (χ3n) is 6.53. The molecule has 200 valence electrons. The molecule has 6 atom stereocenters. The molecule has 1 aromatic carbocycles. The first-order valence-corrected chi connectivity index (χ1v) is 13.2. The van der Waals surface area contributed by atoms with Gasteiger partial charge in [0.2, 0.25) is 0 Å². The Morgan fingerprint density at radius 3 is 2.70 bits per heavy atom. The molecule has 2 fully saturated rings. The summed E-state index contributed by atoms with van der Waals surface area (Å²) in [6.07, 6.45) is -2.44. The van der Waals surface area contributed by atoms with Crippen molar-refractivity contribution in [3.63, 3.8) is 0 Å². The number of ether oxygens (including phenoxy) is 1. The second kappa shape index (κ2) is 10.0. The fraction of sp³-hybridized carbons (Fsp3) is 0.583. The van der Waals surface area contributed by atoms with Gasteiger partial charge >= 0.3 is 0 Å². The number of alkyl halides is 1. The van der Waals surface area contributed by atoms with Crippen molar-refractivity contribution in [2.45, 2.75) is 87.4 Å². The third-order valence-corrected chi connectivity index (χ3v) is 7.58. The molecule has 0 saturated heterocycles. The summed E-state index contributed by atoms with van der Waals surface area (Å²) < 4.78 is 49.1. The van der Waals surface area contributed by atoms with Gasteiger partial charge in [-0.05, 0) is 44.4 Å². The Labute approximate surface area is 215 Å². The molecule has 9 nitrogen and oxygen atoms in total. The smallest absolute Gasteiger partial charge is 0.191 e. The van der Waals surface area contributed by atoms with Gasteiger partial charge in [-0.3, -0.25) is 0 Å². The summed E-state index contributed by atoms with van der Waals surface area (Å²) in [6, 6.07) is 2.90.